The molecule has 1 atom stereocenters. The molecule has 15 heavy (non-hydrogen) atoms. The van der Waals surface area contributed by atoms with Crippen LogP contribution in [0.4, 0.5) is 0 Å². The van der Waals surface area contributed by atoms with E-state index in [4.69, 9.17) is 0 Å². The number of aryl methyl sites for hydroxylation is 1. The lowest BCUT2D eigenvalue weighted by Gasteiger charge is -2.37. The summed E-state index contributed by atoms with van der Waals surface area (Å²) >= 11 is 0. The largest absolute Gasteiger partial charge is 0.156 e. The molecule has 1 heterocycles. The van der Waals surface area contributed by atoms with E-state index in [2.05, 4.69) is 43.1 Å². The summed E-state index contributed by atoms with van der Waals surface area (Å²) in [5, 5.41) is 8.56. The molecule has 1 aliphatic rings. The Balaban J connectivity index is 2.41. The van der Waals surface area contributed by atoms with Gasteiger partial charge in [-0.1, -0.05) is 27.2 Å². The van der Waals surface area contributed by atoms with Crippen LogP contribution in [0.1, 0.15) is 51.4 Å². The molecular formula is C13H20N2. The van der Waals surface area contributed by atoms with Crippen LogP contribution in [0.2, 0.25) is 0 Å². The van der Waals surface area contributed by atoms with Gasteiger partial charge in [-0.15, -0.1) is 0 Å². The van der Waals surface area contributed by atoms with Crippen molar-refractivity contribution >= 4 is 0 Å². The number of nitrogens with zero attached hydrogens (tertiary/aromatic N) is 2. The first-order valence-corrected chi connectivity index (χ1v) is 5.77. The summed E-state index contributed by atoms with van der Waals surface area (Å²) in [7, 11) is 0. The fourth-order valence-electron chi connectivity index (χ4n) is 2.67. The van der Waals surface area contributed by atoms with Crippen LogP contribution in [0.25, 0.3) is 0 Å². The van der Waals surface area contributed by atoms with Crippen molar-refractivity contribution in [1.82, 2.24) is 10.2 Å². The smallest absolute Gasteiger partial charge is 0.0695 e. The van der Waals surface area contributed by atoms with Crippen molar-refractivity contribution < 1.29 is 0 Å². The average molecular weight is 204 g/mol. The fraction of sp³-hybridized carbons (Fsp3) is 0.692. The van der Waals surface area contributed by atoms with Gasteiger partial charge in [0, 0.05) is 5.41 Å². The molecule has 0 spiro atoms. The molecule has 0 amide bonds. The van der Waals surface area contributed by atoms with Crippen LogP contribution in [0.5, 0.6) is 0 Å². The molecule has 0 bridgehead atoms. The normalized spacial score (nSPS) is 29.3. The van der Waals surface area contributed by atoms with E-state index < -0.39 is 0 Å². The second kappa shape index (κ2) is 3.29. The lowest BCUT2D eigenvalue weighted by Crippen LogP contribution is -2.35. The molecule has 0 saturated heterocycles. The van der Waals surface area contributed by atoms with Crippen molar-refractivity contribution in [3.63, 3.8) is 0 Å². The zero-order chi connectivity index (χ0) is 11.1. The van der Waals surface area contributed by atoms with E-state index in [1.807, 2.05) is 6.92 Å². The zero-order valence-corrected chi connectivity index (χ0v) is 10.2. The lowest BCUT2D eigenvalue weighted by molar-refractivity contribution is 0.217. The Kier molecular flexibility index (Phi) is 2.32. The molecule has 1 aromatic heterocycles. The van der Waals surface area contributed by atoms with Crippen molar-refractivity contribution in [2.24, 2.45) is 5.41 Å². The minimum atomic E-state index is 0.202. The van der Waals surface area contributed by atoms with Gasteiger partial charge in [0.25, 0.3) is 0 Å². The number of rotatable bonds is 1. The first kappa shape index (κ1) is 10.6. The van der Waals surface area contributed by atoms with Gasteiger partial charge in [-0.05, 0) is 37.3 Å². The van der Waals surface area contributed by atoms with Crippen molar-refractivity contribution in [3.05, 3.63) is 23.5 Å². The van der Waals surface area contributed by atoms with Gasteiger partial charge in [0.1, 0.15) is 0 Å². The van der Waals surface area contributed by atoms with E-state index in [1.165, 1.54) is 19.3 Å². The third-order valence-electron chi connectivity index (χ3n) is 4.34. The van der Waals surface area contributed by atoms with Crippen molar-refractivity contribution in [3.8, 4) is 0 Å². The van der Waals surface area contributed by atoms with Crippen molar-refractivity contribution in [2.75, 3.05) is 0 Å². The van der Waals surface area contributed by atoms with E-state index in [0.29, 0.717) is 5.41 Å². The van der Waals surface area contributed by atoms with E-state index in [0.717, 1.165) is 11.4 Å². The van der Waals surface area contributed by atoms with Crippen LogP contribution in [-0.2, 0) is 5.41 Å². The SMILES string of the molecule is Cc1ccc(C2(C)CCCC2(C)C)nn1. The third-order valence-corrected chi connectivity index (χ3v) is 4.34. The maximum atomic E-state index is 4.38. The highest BCUT2D eigenvalue weighted by Gasteiger charge is 2.47. The molecule has 0 N–H and O–H groups in total. The standard InChI is InChI=1S/C13H20N2/c1-10-6-7-11(15-14-10)13(4)9-5-8-12(13,2)3/h6-7H,5,8-9H2,1-4H3. The average Bonchev–Trinajstić information content (AvgIpc) is 2.43. The predicted molar refractivity (Wildman–Crippen MR) is 61.8 cm³/mol. The van der Waals surface area contributed by atoms with E-state index >= 15 is 0 Å². The van der Waals surface area contributed by atoms with Gasteiger partial charge in [-0.3, -0.25) is 0 Å². The molecule has 1 unspecified atom stereocenters. The van der Waals surface area contributed by atoms with Gasteiger partial charge in [-0.25, -0.2) is 0 Å². The quantitative estimate of drug-likeness (QED) is 0.701. The van der Waals surface area contributed by atoms with E-state index in [1.54, 1.807) is 0 Å². The molecular weight excluding hydrogens is 184 g/mol. The fourth-order valence-corrected chi connectivity index (χ4v) is 2.67. The minimum Gasteiger partial charge on any atom is -0.156 e. The van der Waals surface area contributed by atoms with Gasteiger partial charge < -0.3 is 0 Å². The number of aromatic nitrogens is 2. The Hall–Kier alpha value is -0.920. The molecule has 82 valence electrons. The molecule has 1 aromatic rings. The highest BCUT2D eigenvalue weighted by atomic mass is 15.1. The van der Waals surface area contributed by atoms with Crippen LogP contribution >= 0.6 is 0 Å². The molecule has 0 radical (unpaired) electrons. The molecule has 2 heteroatoms. The second-order valence-corrected chi connectivity index (χ2v) is 5.63. The maximum absolute atomic E-state index is 4.38. The monoisotopic (exact) mass is 204 g/mol. The Labute approximate surface area is 92.1 Å². The lowest BCUT2D eigenvalue weighted by atomic mass is 9.67. The summed E-state index contributed by atoms with van der Waals surface area (Å²) in [5.74, 6) is 0. The Morgan fingerprint density at radius 2 is 1.80 bits per heavy atom. The van der Waals surface area contributed by atoms with Crippen LogP contribution in [0.3, 0.4) is 0 Å². The molecule has 2 rings (SSSR count). The molecule has 0 aromatic carbocycles. The van der Waals surface area contributed by atoms with Gasteiger partial charge in [0.15, 0.2) is 0 Å². The predicted octanol–water partition coefficient (Wildman–Crippen LogP) is 3.25. The molecule has 1 aliphatic carbocycles. The minimum absolute atomic E-state index is 0.202. The summed E-state index contributed by atoms with van der Waals surface area (Å²) < 4.78 is 0. The zero-order valence-electron chi connectivity index (χ0n) is 10.2. The van der Waals surface area contributed by atoms with Crippen LogP contribution < -0.4 is 0 Å². The summed E-state index contributed by atoms with van der Waals surface area (Å²) in [6.45, 7) is 9.02. The van der Waals surface area contributed by atoms with E-state index in [9.17, 15) is 0 Å². The highest BCUT2D eigenvalue weighted by Crippen LogP contribution is 2.52. The Bertz CT molecular complexity index is 353. The highest BCUT2D eigenvalue weighted by molar-refractivity contribution is 5.21. The van der Waals surface area contributed by atoms with Gasteiger partial charge >= 0.3 is 0 Å². The third kappa shape index (κ3) is 1.56. The Morgan fingerprint density at radius 3 is 2.27 bits per heavy atom. The van der Waals surface area contributed by atoms with Crippen molar-refractivity contribution in [1.29, 1.82) is 0 Å². The summed E-state index contributed by atoms with van der Waals surface area (Å²) in [5.41, 5.74) is 2.71. The molecule has 0 aliphatic heterocycles. The molecule has 1 fully saturated rings. The molecule has 2 nitrogen and oxygen atoms in total. The van der Waals surface area contributed by atoms with Gasteiger partial charge in [0.05, 0.1) is 11.4 Å². The van der Waals surface area contributed by atoms with Crippen LogP contribution in [0, 0.1) is 12.3 Å². The maximum Gasteiger partial charge on any atom is 0.0695 e. The van der Waals surface area contributed by atoms with Gasteiger partial charge in [-0.2, -0.15) is 10.2 Å². The topological polar surface area (TPSA) is 25.8 Å². The van der Waals surface area contributed by atoms with Crippen molar-refractivity contribution in [2.45, 2.75) is 52.4 Å². The Morgan fingerprint density at radius 1 is 1.07 bits per heavy atom. The van der Waals surface area contributed by atoms with E-state index in [-0.39, 0.29) is 5.41 Å². The van der Waals surface area contributed by atoms with Crippen LogP contribution in [-0.4, -0.2) is 10.2 Å². The summed E-state index contributed by atoms with van der Waals surface area (Å²) in [6.07, 6.45) is 3.83. The number of hydrogen-bond acceptors (Lipinski definition) is 2. The number of hydrogen-bond donors (Lipinski definition) is 0. The van der Waals surface area contributed by atoms with Gasteiger partial charge in [0.2, 0.25) is 0 Å². The first-order valence-electron chi connectivity index (χ1n) is 5.77. The molecule has 1 saturated carbocycles. The summed E-state index contributed by atoms with van der Waals surface area (Å²) in [4.78, 5) is 0. The first-order chi connectivity index (χ1) is 6.96. The summed E-state index contributed by atoms with van der Waals surface area (Å²) in [6, 6.07) is 4.22. The van der Waals surface area contributed by atoms with Crippen LogP contribution in [0.15, 0.2) is 12.1 Å². The second-order valence-electron chi connectivity index (χ2n) is 5.63.